The Morgan fingerprint density at radius 2 is 2.20 bits per heavy atom. The molecule has 0 amide bonds. The lowest BCUT2D eigenvalue weighted by Crippen LogP contribution is -2.31. The fourth-order valence-corrected chi connectivity index (χ4v) is 1.66. The van der Waals surface area contributed by atoms with E-state index >= 15 is 0 Å². The van der Waals surface area contributed by atoms with Crippen LogP contribution in [-0.2, 0) is 0 Å². The van der Waals surface area contributed by atoms with Crippen LogP contribution < -0.4 is 10.6 Å². The van der Waals surface area contributed by atoms with Crippen molar-refractivity contribution in [1.82, 2.24) is 14.4 Å². The number of hydrogen-bond acceptors (Lipinski definition) is 5. The average Bonchev–Trinajstić information content (AvgIpc) is 2.91. The van der Waals surface area contributed by atoms with Crippen LogP contribution in [0.4, 0.5) is 20.4 Å². The second-order valence-corrected chi connectivity index (χ2v) is 4.43. The smallest absolute Gasteiger partial charge is 0.287 e. The van der Waals surface area contributed by atoms with Crippen molar-refractivity contribution < 1.29 is 13.9 Å². The second-order valence-electron chi connectivity index (χ2n) is 4.43. The predicted molar refractivity (Wildman–Crippen MR) is 72.3 cm³/mol. The summed E-state index contributed by atoms with van der Waals surface area (Å²) in [5, 5.41) is 14.2. The standard InChI is InChI=1S/C12H17F2N5O/c1-2-3-15-9-6-19-5-4-16-11(19)10(18-9)17-7-12(13,14)8-20/h4-6,15,20H,2-3,7-8H2,1H3,(H,17,18). The molecule has 110 valence electrons. The maximum atomic E-state index is 13.1. The van der Waals surface area contributed by atoms with Crippen LogP contribution in [0.3, 0.4) is 0 Å². The molecule has 20 heavy (non-hydrogen) atoms. The Morgan fingerprint density at radius 3 is 2.90 bits per heavy atom. The molecule has 0 aromatic carbocycles. The fourth-order valence-electron chi connectivity index (χ4n) is 1.66. The Kier molecular flexibility index (Phi) is 4.33. The molecule has 0 bridgehead atoms. The van der Waals surface area contributed by atoms with Crippen LogP contribution in [0.2, 0.25) is 0 Å². The molecule has 0 aliphatic carbocycles. The van der Waals surface area contributed by atoms with Crippen molar-refractivity contribution in [3.05, 3.63) is 18.6 Å². The maximum absolute atomic E-state index is 13.1. The molecule has 0 unspecified atom stereocenters. The number of aromatic nitrogens is 3. The number of anilines is 2. The Labute approximate surface area is 114 Å². The minimum absolute atomic E-state index is 0.254. The Balaban J connectivity index is 2.23. The highest BCUT2D eigenvalue weighted by Gasteiger charge is 2.27. The molecule has 2 aromatic rings. The maximum Gasteiger partial charge on any atom is 0.287 e. The molecule has 0 radical (unpaired) electrons. The van der Waals surface area contributed by atoms with Gasteiger partial charge in [0.25, 0.3) is 5.92 Å². The second kappa shape index (κ2) is 6.00. The SMILES string of the molecule is CCCNc1cn2ccnc2c(NCC(F)(F)CO)n1. The fraction of sp³-hybridized carbons (Fsp3) is 0.500. The van der Waals surface area contributed by atoms with E-state index in [0.29, 0.717) is 11.5 Å². The number of fused-ring (bicyclic) bond motifs is 1. The third-order valence-corrected chi connectivity index (χ3v) is 2.68. The number of halogens is 2. The average molecular weight is 285 g/mol. The summed E-state index contributed by atoms with van der Waals surface area (Å²) in [4.78, 5) is 8.30. The van der Waals surface area contributed by atoms with Crippen molar-refractivity contribution in [2.75, 3.05) is 30.3 Å². The van der Waals surface area contributed by atoms with E-state index in [-0.39, 0.29) is 5.82 Å². The van der Waals surface area contributed by atoms with Crippen molar-refractivity contribution in [3.8, 4) is 0 Å². The van der Waals surface area contributed by atoms with Crippen LogP contribution in [0.1, 0.15) is 13.3 Å². The van der Waals surface area contributed by atoms with Gasteiger partial charge in [-0.05, 0) is 6.42 Å². The van der Waals surface area contributed by atoms with E-state index in [1.54, 1.807) is 23.0 Å². The lowest BCUT2D eigenvalue weighted by atomic mass is 10.3. The number of hydrogen-bond donors (Lipinski definition) is 3. The number of aliphatic hydroxyl groups excluding tert-OH is 1. The predicted octanol–water partition coefficient (Wildman–Crippen LogP) is 1.59. The van der Waals surface area contributed by atoms with Crippen LogP contribution in [0.25, 0.3) is 5.65 Å². The minimum atomic E-state index is -3.20. The van der Waals surface area contributed by atoms with Gasteiger partial charge in [-0.1, -0.05) is 6.92 Å². The first-order valence-corrected chi connectivity index (χ1v) is 6.36. The number of imidazole rings is 1. The first-order valence-electron chi connectivity index (χ1n) is 6.36. The molecule has 0 aliphatic rings. The molecule has 6 nitrogen and oxygen atoms in total. The van der Waals surface area contributed by atoms with Gasteiger partial charge in [0, 0.05) is 18.9 Å². The van der Waals surface area contributed by atoms with Crippen molar-refractivity contribution in [2.24, 2.45) is 0 Å². The lowest BCUT2D eigenvalue weighted by Gasteiger charge is -2.15. The van der Waals surface area contributed by atoms with Crippen molar-refractivity contribution in [2.45, 2.75) is 19.3 Å². The zero-order valence-corrected chi connectivity index (χ0v) is 11.1. The highest BCUT2D eigenvalue weighted by atomic mass is 19.3. The monoisotopic (exact) mass is 285 g/mol. The number of nitrogens with one attached hydrogen (secondary N) is 2. The van der Waals surface area contributed by atoms with Crippen LogP contribution in [0.5, 0.6) is 0 Å². The van der Waals surface area contributed by atoms with Gasteiger partial charge in [0.15, 0.2) is 11.5 Å². The van der Waals surface area contributed by atoms with Gasteiger partial charge >= 0.3 is 0 Å². The lowest BCUT2D eigenvalue weighted by molar-refractivity contribution is -0.0373. The third kappa shape index (κ3) is 3.32. The Hall–Kier alpha value is -1.96. The molecule has 8 heteroatoms. The summed E-state index contributed by atoms with van der Waals surface area (Å²) in [7, 11) is 0. The molecule has 3 N–H and O–H groups in total. The highest BCUT2D eigenvalue weighted by Crippen LogP contribution is 2.19. The molecule has 0 aliphatic heterocycles. The summed E-state index contributed by atoms with van der Waals surface area (Å²) in [5.41, 5.74) is 0.459. The number of aliphatic hydroxyl groups is 1. The zero-order valence-electron chi connectivity index (χ0n) is 11.1. The Bertz CT molecular complexity index is 572. The number of nitrogens with zero attached hydrogens (tertiary/aromatic N) is 3. The van der Waals surface area contributed by atoms with E-state index in [1.807, 2.05) is 6.92 Å². The van der Waals surface area contributed by atoms with Crippen molar-refractivity contribution in [1.29, 1.82) is 0 Å². The number of alkyl halides is 2. The van der Waals surface area contributed by atoms with E-state index in [0.717, 1.165) is 13.0 Å². The molecule has 0 saturated carbocycles. The van der Waals surface area contributed by atoms with Crippen LogP contribution in [0, 0.1) is 0 Å². The quantitative estimate of drug-likeness (QED) is 0.720. The summed E-state index contributed by atoms with van der Waals surface area (Å²) < 4.78 is 27.9. The molecule has 2 heterocycles. The van der Waals surface area contributed by atoms with Gasteiger partial charge < -0.3 is 20.1 Å². The summed E-state index contributed by atoms with van der Waals surface area (Å²) in [5.74, 6) is -2.37. The summed E-state index contributed by atoms with van der Waals surface area (Å²) in [6.45, 7) is 0.845. The van der Waals surface area contributed by atoms with E-state index in [4.69, 9.17) is 5.11 Å². The molecule has 2 aromatic heterocycles. The largest absolute Gasteiger partial charge is 0.390 e. The summed E-state index contributed by atoms with van der Waals surface area (Å²) in [6.07, 6.45) is 5.95. The summed E-state index contributed by atoms with van der Waals surface area (Å²) in [6, 6.07) is 0. The molecule has 0 fully saturated rings. The van der Waals surface area contributed by atoms with Crippen LogP contribution >= 0.6 is 0 Å². The van der Waals surface area contributed by atoms with Crippen LogP contribution in [0.15, 0.2) is 18.6 Å². The van der Waals surface area contributed by atoms with Crippen molar-refractivity contribution >= 4 is 17.3 Å². The van der Waals surface area contributed by atoms with Crippen molar-refractivity contribution in [3.63, 3.8) is 0 Å². The minimum Gasteiger partial charge on any atom is -0.390 e. The normalized spacial score (nSPS) is 11.8. The van der Waals surface area contributed by atoms with Crippen LogP contribution in [-0.4, -0.2) is 45.1 Å². The van der Waals surface area contributed by atoms with E-state index in [9.17, 15) is 8.78 Å². The van der Waals surface area contributed by atoms with Gasteiger partial charge in [0.2, 0.25) is 0 Å². The van der Waals surface area contributed by atoms with Gasteiger partial charge in [-0.15, -0.1) is 0 Å². The van der Waals surface area contributed by atoms with Gasteiger partial charge in [-0.3, -0.25) is 0 Å². The zero-order chi connectivity index (χ0) is 14.6. The van der Waals surface area contributed by atoms with Gasteiger partial charge in [-0.25, -0.2) is 18.7 Å². The molecular weight excluding hydrogens is 268 g/mol. The Morgan fingerprint density at radius 1 is 1.40 bits per heavy atom. The van der Waals surface area contributed by atoms with E-state index < -0.39 is 19.1 Å². The molecular formula is C12H17F2N5O. The highest BCUT2D eigenvalue weighted by molar-refractivity contribution is 5.65. The number of rotatable bonds is 7. The first kappa shape index (κ1) is 14.4. The first-order chi connectivity index (χ1) is 9.55. The summed E-state index contributed by atoms with van der Waals surface area (Å²) >= 11 is 0. The topological polar surface area (TPSA) is 74.5 Å². The molecule has 0 saturated heterocycles. The molecule has 0 atom stereocenters. The molecule has 0 spiro atoms. The van der Waals surface area contributed by atoms with Gasteiger partial charge in [0.05, 0.1) is 12.7 Å². The van der Waals surface area contributed by atoms with E-state index in [2.05, 4.69) is 20.6 Å². The third-order valence-electron chi connectivity index (χ3n) is 2.68. The van der Waals surface area contributed by atoms with Gasteiger partial charge in [0.1, 0.15) is 12.4 Å². The van der Waals surface area contributed by atoms with E-state index in [1.165, 1.54) is 0 Å². The van der Waals surface area contributed by atoms with Gasteiger partial charge in [-0.2, -0.15) is 0 Å². The molecule has 2 rings (SSSR count).